The summed E-state index contributed by atoms with van der Waals surface area (Å²) in [6.07, 6.45) is 0.943. The van der Waals surface area contributed by atoms with Crippen LogP contribution in [0.2, 0.25) is 0 Å². The van der Waals surface area contributed by atoms with Gasteiger partial charge < -0.3 is 5.32 Å². The molecule has 0 bridgehead atoms. The minimum atomic E-state index is -0.317. The molecule has 0 aromatic heterocycles. The Morgan fingerprint density at radius 2 is 1.90 bits per heavy atom. The van der Waals surface area contributed by atoms with E-state index in [9.17, 15) is 8.78 Å². The maximum atomic E-state index is 13.7. The molecule has 4 heteroatoms. The Morgan fingerprint density at radius 1 is 1.15 bits per heavy atom. The minimum absolute atomic E-state index is 0.240. The molecular formula is C16H16BrF2N. The highest BCUT2D eigenvalue weighted by Crippen LogP contribution is 2.30. The first-order chi connectivity index (χ1) is 9.63. The van der Waals surface area contributed by atoms with E-state index in [2.05, 4.69) is 28.2 Å². The lowest BCUT2D eigenvalue weighted by molar-refractivity contribution is 0.573. The molecule has 0 aliphatic rings. The standard InChI is InChI=1S/C16H16BrF2N/c1-2-9-20-16(11-5-3-6-12(18)10-11)13-7-4-8-14(19)15(13)17/h3-8,10,16,20H,2,9H2,1H3. The molecule has 0 spiro atoms. The number of nitrogens with one attached hydrogen (secondary N) is 1. The molecule has 0 aliphatic heterocycles. The fraction of sp³-hybridized carbons (Fsp3) is 0.250. The zero-order chi connectivity index (χ0) is 14.5. The van der Waals surface area contributed by atoms with Gasteiger partial charge in [0.15, 0.2) is 0 Å². The van der Waals surface area contributed by atoms with Gasteiger partial charge in [-0.2, -0.15) is 0 Å². The molecule has 1 N–H and O–H groups in total. The van der Waals surface area contributed by atoms with Gasteiger partial charge >= 0.3 is 0 Å². The van der Waals surface area contributed by atoms with Gasteiger partial charge in [0, 0.05) is 0 Å². The summed E-state index contributed by atoms with van der Waals surface area (Å²) in [4.78, 5) is 0. The molecular weight excluding hydrogens is 324 g/mol. The normalized spacial score (nSPS) is 12.4. The van der Waals surface area contributed by atoms with Gasteiger partial charge in [0.2, 0.25) is 0 Å². The van der Waals surface area contributed by atoms with Crippen molar-refractivity contribution in [1.82, 2.24) is 5.32 Å². The first-order valence-corrected chi connectivity index (χ1v) is 7.35. The smallest absolute Gasteiger partial charge is 0.137 e. The lowest BCUT2D eigenvalue weighted by Gasteiger charge is -2.21. The van der Waals surface area contributed by atoms with E-state index in [4.69, 9.17) is 0 Å². The van der Waals surface area contributed by atoms with E-state index in [0.717, 1.165) is 24.1 Å². The van der Waals surface area contributed by atoms with Crippen molar-refractivity contribution >= 4 is 15.9 Å². The summed E-state index contributed by atoms with van der Waals surface area (Å²) in [7, 11) is 0. The van der Waals surface area contributed by atoms with Crippen LogP contribution in [0.1, 0.15) is 30.5 Å². The molecule has 0 saturated carbocycles. The van der Waals surface area contributed by atoms with E-state index >= 15 is 0 Å². The Kier molecular flexibility index (Phi) is 5.26. The molecule has 106 valence electrons. The van der Waals surface area contributed by atoms with Gasteiger partial charge in [0.25, 0.3) is 0 Å². The van der Waals surface area contributed by atoms with Crippen molar-refractivity contribution in [2.75, 3.05) is 6.54 Å². The second-order valence-corrected chi connectivity index (χ2v) is 5.38. The van der Waals surface area contributed by atoms with E-state index in [1.807, 2.05) is 12.1 Å². The van der Waals surface area contributed by atoms with Gasteiger partial charge in [0.05, 0.1) is 10.5 Å². The fourth-order valence-corrected chi connectivity index (χ4v) is 2.62. The van der Waals surface area contributed by atoms with E-state index in [1.165, 1.54) is 18.2 Å². The largest absolute Gasteiger partial charge is 0.306 e. The molecule has 20 heavy (non-hydrogen) atoms. The van der Waals surface area contributed by atoms with Crippen LogP contribution in [0, 0.1) is 11.6 Å². The van der Waals surface area contributed by atoms with Gasteiger partial charge in [-0.05, 0) is 58.2 Å². The second kappa shape index (κ2) is 6.95. The summed E-state index contributed by atoms with van der Waals surface area (Å²) < 4.78 is 27.6. The monoisotopic (exact) mass is 339 g/mol. The number of benzene rings is 2. The molecule has 2 aromatic carbocycles. The number of halogens is 3. The third-order valence-corrected chi connectivity index (χ3v) is 3.91. The molecule has 0 radical (unpaired) electrons. The van der Waals surface area contributed by atoms with Crippen molar-refractivity contribution < 1.29 is 8.78 Å². The summed E-state index contributed by atoms with van der Waals surface area (Å²) >= 11 is 3.28. The molecule has 2 rings (SSSR count). The quantitative estimate of drug-likeness (QED) is 0.823. The highest BCUT2D eigenvalue weighted by molar-refractivity contribution is 9.10. The molecule has 1 nitrogen and oxygen atoms in total. The molecule has 2 aromatic rings. The van der Waals surface area contributed by atoms with Crippen LogP contribution in [0.3, 0.4) is 0 Å². The summed E-state index contributed by atoms with van der Waals surface area (Å²) in [6.45, 7) is 2.82. The van der Waals surface area contributed by atoms with Crippen LogP contribution < -0.4 is 5.32 Å². The van der Waals surface area contributed by atoms with Crippen LogP contribution in [-0.4, -0.2) is 6.54 Å². The molecule has 1 unspecified atom stereocenters. The molecule has 0 saturated heterocycles. The van der Waals surface area contributed by atoms with E-state index in [-0.39, 0.29) is 17.7 Å². The highest BCUT2D eigenvalue weighted by Gasteiger charge is 2.18. The first kappa shape index (κ1) is 15.1. The minimum Gasteiger partial charge on any atom is -0.306 e. The Hall–Kier alpha value is -1.26. The predicted molar refractivity (Wildman–Crippen MR) is 80.6 cm³/mol. The van der Waals surface area contributed by atoms with Crippen molar-refractivity contribution in [1.29, 1.82) is 0 Å². The van der Waals surface area contributed by atoms with Gasteiger partial charge in [-0.3, -0.25) is 0 Å². The maximum Gasteiger partial charge on any atom is 0.137 e. The summed E-state index contributed by atoms with van der Waals surface area (Å²) in [5.41, 5.74) is 1.55. The molecule has 0 heterocycles. The average Bonchev–Trinajstić information content (AvgIpc) is 2.44. The lowest BCUT2D eigenvalue weighted by atomic mass is 9.98. The molecule has 0 amide bonds. The number of hydrogen-bond acceptors (Lipinski definition) is 1. The number of hydrogen-bond donors (Lipinski definition) is 1. The second-order valence-electron chi connectivity index (χ2n) is 4.59. The van der Waals surface area contributed by atoms with E-state index < -0.39 is 0 Å². The van der Waals surface area contributed by atoms with Gasteiger partial charge in [-0.25, -0.2) is 8.78 Å². The van der Waals surface area contributed by atoms with Crippen molar-refractivity contribution in [2.45, 2.75) is 19.4 Å². The van der Waals surface area contributed by atoms with Crippen molar-refractivity contribution in [3.63, 3.8) is 0 Å². The highest BCUT2D eigenvalue weighted by atomic mass is 79.9. The Labute approximate surface area is 126 Å². The van der Waals surface area contributed by atoms with Crippen molar-refractivity contribution in [3.05, 3.63) is 69.7 Å². The van der Waals surface area contributed by atoms with Crippen LogP contribution >= 0.6 is 15.9 Å². The Balaban J connectivity index is 2.44. The summed E-state index contributed by atoms with van der Waals surface area (Å²) in [6, 6.07) is 11.0. The molecule has 0 aliphatic carbocycles. The Morgan fingerprint density at radius 3 is 2.60 bits per heavy atom. The average molecular weight is 340 g/mol. The third-order valence-electron chi connectivity index (χ3n) is 3.07. The zero-order valence-corrected chi connectivity index (χ0v) is 12.8. The van der Waals surface area contributed by atoms with Crippen LogP contribution in [-0.2, 0) is 0 Å². The lowest BCUT2D eigenvalue weighted by Crippen LogP contribution is -2.23. The van der Waals surface area contributed by atoms with Crippen LogP contribution in [0.25, 0.3) is 0 Å². The molecule has 1 atom stereocenters. The van der Waals surface area contributed by atoms with Crippen molar-refractivity contribution in [3.8, 4) is 0 Å². The topological polar surface area (TPSA) is 12.0 Å². The zero-order valence-electron chi connectivity index (χ0n) is 11.2. The van der Waals surface area contributed by atoms with Gasteiger partial charge in [0.1, 0.15) is 11.6 Å². The van der Waals surface area contributed by atoms with Crippen LogP contribution in [0.5, 0.6) is 0 Å². The Bertz CT molecular complexity index is 586. The number of rotatable bonds is 5. The summed E-state index contributed by atoms with van der Waals surface area (Å²) in [5.74, 6) is -0.611. The summed E-state index contributed by atoms with van der Waals surface area (Å²) in [5, 5.41) is 3.33. The van der Waals surface area contributed by atoms with E-state index in [0.29, 0.717) is 4.47 Å². The SMILES string of the molecule is CCCNC(c1cccc(F)c1)c1cccc(F)c1Br. The van der Waals surface area contributed by atoms with Crippen LogP contribution in [0.4, 0.5) is 8.78 Å². The van der Waals surface area contributed by atoms with Crippen LogP contribution in [0.15, 0.2) is 46.9 Å². The first-order valence-electron chi connectivity index (χ1n) is 6.56. The van der Waals surface area contributed by atoms with Crippen molar-refractivity contribution in [2.24, 2.45) is 0 Å². The predicted octanol–water partition coefficient (Wildman–Crippen LogP) is 4.82. The van der Waals surface area contributed by atoms with Gasteiger partial charge in [-0.15, -0.1) is 0 Å². The molecule has 0 fully saturated rings. The maximum absolute atomic E-state index is 13.7. The van der Waals surface area contributed by atoms with Gasteiger partial charge in [-0.1, -0.05) is 31.2 Å². The van der Waals surface area contributed by atoms with E-state index in [1.54, 1.807) is 12.1 Å². The third kappa shape index (κ3) is 3.44. The fourth-order valence-electron chi connectivity index (χ4n) is 2.13.